The Balaban J connectivity index is 1.93. The number of carbonyl (C=O) groups excluding carboxylic acids is 1. The molecule has 0 saturated carbocycles. The topological polar surface area (TPSA) is 38.3 Å². The van der Waals surface area contributed by atoms with Gasteiger partial charge in [0, 0.05) is 17.1 Å². The predicted octanol–water partition coefficient (Wildman–Crippen LogP) is 4.10. The fraction of sp³-hybridized carbons (Fsp3) is 0.167. The van der Waals surface area contributed by atoms with Crippen LogP contribution in [0.4, 0.5) is 0 Å². The van der Waals surface area contributed by atoms with Gasteiger partial charge in [0.2, 0.25) is 5.91 Å². The van der Waals surface area contributed by atoms with Crippen LogP contribution in [0.3, 0.4) is 0 Å². The van der Waals surface area contributed by atoms with Gasteiger partial charge in [-0.1, -0.05) is 40.2 Å². The van der Waals surface area contributed by atoms with Crippen LogP contribution in [0.1, 0.15) is 16.7 Å². The second-order valence-corrected chi connectivity index (χ2v) is 5.78. The van der Waals surface area contributed by atoms with Crippen molar-refractivity contribution in [3.05, 3.63) is 69.7 Å². The Labute approximate surface area is 139 Å². The lowest BCUT2D eigenvalue weighted by molar-refractivity contribution is -0.116. The van der Waals surface area contributed by atoms with Gasteiger partial charge in [0.15, 0.2) is 0 Å². The molecule has 0 fully saturated rings. The summed E-state index contributed by atoms with van der Waals surface area (Å²) in [5, 5.41) is 2.85. The summed E-state index contributed by atoms with van der Waals surface area (Å²) in [5.74, 6) is 0.654. The lowest BCUT2D eigenvalue weighted by Gasteiger charge is -2.05. The average molecular weight is 360 g/mol. The van der Waals surface area contributed by atoms with Gasteiger partial charge in [-0.05, 0) is 47.9 Å². The molecule has 0 aromatic heterocycles. The fourth-order valence-corrected chi connectivity index (χ4v) is 2.59. The SMILES string of the molecule is COc1cccc(CNC(=O)/C=C/c2ccc(C)cc2Br)c1. The van der Waals surface area contributed by atoms with Crippen molar-refractivity contribution < 1.29 is 9.53 Å². The summed E-state index contributed by atoms with van der Waals surface area (Å²) < 4.78 is 6.13. The Bertz CT molecular complexity index is 695. The van der Waals surface area contributed by atoms with Crippen molar-refractivity contribution in [2.75, 3.05) is 7.11 Å². The first kappa shape index (κ1) is 16.3. The third-order valence-electron chi connectivity index (χ3n) is 3.17. The minimum atomic E-state index is -0.129. The highest BCUT2D eigenvalue weighted by molar-refractivity contribution is 9.10. The molecular formula is C18H18BrNO2. The summed E-state index contributed by atoms with van der Waals surface area (Å²) in [7, 11) is 1.62. The van der Waals surface area contributed by atoms with E-state index in [1.165, 1.54) is 11.6 Å². The Morgan fingerprint density at radius 3 is 2.82 bits per heavy atom. The van der Waals surface area contributed by atoms with Gasteiger partial charge in [-0.25, -0.2) is 0 Å². The zero-order chi connectivity index (χ0) is 15.9. The molecule has 2 aromatic carbocycles. The summed E-state index contributed by atoms with van der Waals surface area (Å²) in [4.78, 5) is 11.9. The summed E-state index contributed by atoms with van der Waals surface area (Å²) in [5.41, 5.74) is 3.14. The number of amides is 1. The van der Waals surface area contributed by atoms with Gasteiger partial charge in [-0.3, -0.25) is 4.79 Å². The van der Waals surface area contributed by atoms with E-state index in [1.54, 1.807) is 13.2 Å². The van der Waals surface area contributed by atoms with Crippen LogP contribution in [0.2, 0.25) is 0 Å². The van der Waals surface area contributed by atoms with E-state index < -0.39 is 0 Å². The van der Waals surface area contributed by atoms with E-state index in [0.29, 0.717) is 6.54 Å². The zero-order valence-corrected chi connectivity index (χ0v) is 14.2. The molecule has 0 unspecified atom stereocenters. The maximum Gasteiger partial charge on any atom is 0.244 e. The van der Waals surface area contributed by atoms with Crippen molar-refractivity contribution in [1.82, 2.24) is 5.32 Å². The second kappa shape index (κ2) is 7.80. The first-order chi connectivity index (χ1) is 10.6. The normalized spacial score (nSPS) is 10.7. The highest BCUT2D eigenvalue weighted by Crippen LogP contribution is 2.19. The van der Waals surface area contributed by atoms with Crippen LogP contribution >= 0.6 is 15.9 Å². The van der Waals surface area contributed by atoms with Crippen LogP contribution in [-0.4, -0.2) is 13.0 Å². The van der Waals surface area contributed by atoms with Gasteiger partial charge in [-0.2, -0.15) is 0 Å². The lowest BCUT2D eigenvalue weighted by atomic mass is 10.1. The summed E-state index contributed by atoms with van der Waals surface area (Å²) in [6.07, 6.45) is 3.33. The number of halogens is 1. The second-order valence-electron chi connectivity index (χ2n) is 4.93. The molecule has 2 rings (SSSR count). The molecule has 0 aliphatic heterocycles. The number of nitrogens with one attached hydrogen (secondary N) is 1. The van der Waals surface area contributed by atoms with Crippen molar-refractivity contribution in [2.24, 2.45) is 0 Å². The van der Waals surface area contributed by atoms with Crippen LogP contribution < -0.4 is 10.1 Å². The van der Waals surface area contributed by atoms with E-state index in [-0.39, 0.29) is 5.91 Å². The molecule has 0 bridgehead atoms. The van der Waals surface area contributed by atoms with E-state index in [0.717, 1.165) is 21.3 Å². The van der Waals surface area contributed by atoms with Crippen LogP contribution in [0, 0.1) is 6.92 Å². The molecule has 22 heavy (non-hydrogen) atoms. The number of ether oxygens (including phenoxy) is 1. The smallest absolute Gasteiger partial charge is 0.244 e. The van der Waals surface area contributed by atoms with Crippen molar-refractivity contribution >= 4 is 27.9 Å². The average Bonchev–Trinajstić information content (AvgIpc) is 2.52. The van der Waals surface area contributed by atoms with Gasteiger partial charge in [0.05, 0.1) is 7.11 Å². The van der Waals surface area contributed by atoms with E-state index in [9.17, 15) is 4.79 Å². The van der Waals surface area contributed by atoms with E-state index in [4.69, 9.17) is 4.74 Å². The molecule has 2 aromatic rings. The molecule has 1 N–H and O–H groups in total. The zero-order valence-electron chi connectivity index (χ0n) is 12.6. The largest absolute Gasteiger partial charge is 0.497 e. The summed E-state index contributed by atoms with van der Waals surface area (Å²) in [6, 6.07) is 13.6. The molecule has 0 heterocycles. The summed E-state index contributed by atoms with van der Waals surface area (Å²) >= 11 is 3.49. The molecule has 114 valence electrons. The van der Waals surface area contributed by atoms with Crippen LogP contribution in [0.25, 0.3) is 6.08 Å². The van der Waals surface area contributed by atoms with Crippen LogP contribution in [-0.2, 0) is 11.3 Å². The minimum Gasteiger partial charge on any atom is -0.497 e. The van der Waals surface area contributed by atoms with Gasteiger partial charge in [0.1, 0.15) is 5.75 Å². The van der Waals surface area contributed by atoms with Crippen molar-refractivity contribution in [3.63, 3.8) is 0 Å². The van der Waals surface area contributed by atoms with Crippen molar-refractivity contribution in [1.29, 1.82) is 0 Å². The van der Waals surface area contributed by atoms with E-state index in [1.807, 2.05) is 49.4 Å². The number of aryl methyl sites for hydroxylation is 1. The molecule has 4 heteroatoms. The maximum atomic E-state index is 11.9. The van der Waals surface area contributed by atoms with Gasteiger partial charge in [0.25, 0.3) is 0 Å². The number of hydrogen-bond acceptors (Lipinski definition) is 2. The first-order valence-electron chi connectivity index (χ1n) is 6.93. The fourth-order valence-electron chi connectivity index (χ4n) is 1.96. The Morgan fingerprint density at radius 1 is 1.27 bits per heavy atom. The molecule has 0 saturated heterocycles. The molecule has 0 spiro atoms. The highest BCUT2D eigenvalue weighted by atomic mass is 79.9. The highest BCUT2D eigenvalue weighted by Gasteiger charge is 2.00. The number of rotatable bonds is 5. The number of hydrogen-bond donors (Lipinski definition) is 1. The third-order valence-corrected chi connectivity index (χ3v) is 3.86. The molecule has 1 amide bonds. The molecular weight excluding hydrogens is 342 g/mol. The Hall–Kier alpha value is -2.07. The van der Waals surface area contributed by atoms with Gasteiger partial charge in [-0.15, -0.1) is 0 Å². The van der Waals surface area contributed by atoms with Crippen LogP contribution in [0.5, 0.6) is 5.75 Å². The maximum absolute atomic E-state index is 11.9. The number of benzene rings is 2. The van der Waals surface area contributed by atoms with E-state index in [2.05, 4.69) is 21.2 Å². The summed E-state index contributed by atoms with van der Waals surface area (Å²) in [6.45, 7) is 2.49. The monoisotopic (exact) mass is 359 g/mol. The molecule has 0 aliphatic rings. The first-order valence-corrected chi connectivity index (χ1v) is 7.73. The van der Waals surface area contributed by atoms with E-state index >= 15 is 0 Å². The van der Waals surface area contributed by atoms with Gasteiger partial charge >= 0.3 is 0 Å². The third kappa shape index (κ3) is 4.74. The standard InChI is InChI=1S/C18H18BrNO2/c1-13-6-7-15(17(19)10-13)8-9-18(21)20-12-14-4-3-5-16(11-14)22-2/h3-11H,12H2,1-2H3,(H,20,21)/b9-8+. The lowest BCUT2D eigenvalue weighted by Crippen LogP contribution is -2.20. The number of methoxy groups -OCH3 is 1. The molecule has 0 aliphatic carbocycles. The number of carbonyl (C=O) groups is 1. The minimum absolute atomic E-state index is 0.129. The van der Waals surface area contributed by atoms with Crippen molar-refractivity contribution in [3.8, 4) is 5.75 Å². The van der Waals surface area contributed by atoms with Gasteiger partial charge < -0.3 is 10.1 Å². The Kier molecular flexibility index (Phi) is 5.78. The van der Waals surface area contributed by atoms with Crippen LogP contribution in [0.15, 0.2) is 53.0 Å². The molecule has 0 atom stereocenters. The molecule has 0 radical (unpaired) electrons. The van der Waals surface area contributed by atoms with Crippen molar-refractivity contribution in [2.45, 2.75) is 13.5 Å². The molecule has 3 nitrogen and oxygen atoms in total. The predicted molar refractivity (Wildman–Crippen MR) is 92.8 cm³/mol. The quantitative estimate of drug-likeness (QED) is 0.816. The Morgan fingerprint density at radius 2 is 2.09 bits per heavy atom.